The summed E-state index contributed by atoms with van der Waals surface area (Å²) in [6.07, 6.45) is 3.00. The monoisotopic (exact) mass is 420 g/mol. The number of ether oxygens (including phenoxy) is 2. The number of halogens is 1. The molecule has 8 heteroatoms. The molecule has 6 nitrogen and oxygen atoms in total. The minimum absolute atomic E-state index is 0.0723. The Morgan fingerprint density at radius 3 is 2.69 bits per heavy atom. The Hall–Kier alpha value is -2.71. The van der Waals surface area contributed by atoms with Crippen molar-refractivity contribution in [2.45, 2.75) is 30.8 Å². The van der Waals surface area contributed by atoms with Crippen molar-refractivity contribution in [1.29, 1.82) is 0 Å². The molecule has 2 aromatic carbocycles. The number of hydrogen-bond acceptors (Lipinski definition) is 6. The SMILES string of the molecule is COC(=O)C=Cc1cc(F)cc2c1OC(COS(=O)(=O)c1ccc(C)cc1)CC2. The van der Waals surface area contributed by atoms with Crippen LogP contribution in [0, 0.1) is 12.7 Å². The molecule has 29 heavy (non-hydrogen) atoms. The highest BCUT2D eigenvalue weighted by Crippen LogP contribution is 2.33. The Bertz CT molecular complexity index is 1030. The molecule has 0 spiro atoms. The minimum atomic E-state index is -3.91. The largest absolute Gasteiger partial charge is 0.487 e. The standard InChI is InChI=1S/C21H21FO6S/c1-14-3-8-19(9-4-14)29(24,25)27-13-18-7-5-15-11-17(22)12-16(21(15)28-18)6-10-20(23)26-2/h3-4,6,8-12,18H,5,7,13H2,1-2H3. The van der Waals surface area contributed by atoms with Crippen LogP contribution in [0.2, 0.25) is 0 Å². The molecule has 0 aliphatic carbocycles. The van der Waals surface area contributed by atoms with Crippen molar-refractivity contribution >= 4 is 22.2 Å². The second kappa shape index (κ2) is 8.75. The highest BCUT2D eigenvalue weighted by molar-refractivity contribution is 7.86. The number of aryl methyl sites for hydroxylation is 2. The van der Waals surface area contributed by atoms with Crippen LogP contribution < -0.4 is 4.74 Å². The molecule has 154 valence electrons. The lowest BCUT2D eigenvalue weighted by Gasteiger charge is -2.27. The maximum Gasteiger partial charge on any atom is 0.330 e. The third-order valence-corrected chi connectivity index (χ3v) is 5.79. The topological polar surface area (TPSA) is 78.9 Å². The molecular formula is C21H21FO6S. The first kappa shape index (κ1) is 21.0. The van der Waals surface area contributed by atoms with Gasteiger partial charge in [0, 0.05) is 11.6 Å². The van der Waals surface area contributed by atoms with Crippen molar-refractivity contribution in [3.05, 3.63) is 65.0 Å². The van der Waals surface area contributed by atoms with E-state index >= 15 is 0 Å². The first-order valence-electron chi connectivity index (χ1n) is 8.99. The van der Waals surface area contributed by atoms with Crippen molar-refractivity contribution in [3.63, 3.8) is 0 Å². The van der Waals surface area contributed by atoms with Gasteiger partial charge < -0.3 is 9.47 Å². The molecule has 0 fully saturated rings. The van der Waals surface area contributed by atoms with Crippen molar-refractivity contribution in [2.24, 2.45) is 0 Å². The molecule has 1 atom stereocenters. The number of esters is 1. The fourth-order valence-electron chi connectivity index (χ4n) is 2.95. The molecule has 0 bridgehead atoms. The summed E-state index contributed by atoms with van der Waals surface area (Å²) in [6.45, 7) is 1.69. The number of fused-ring (bicyclic) bond motifs is 1. The van der Waals surface area contributed by atoms with E-state index in [9.17, 15) is 17.6 Å². The van der Waals surface area contributed by atoms with E-state index in [0.717, 1.165) is 5.56 Å². The molecule has 0 aromatic heterocycles. The molecule has 0 N–H and O–H groups in total. The van der Waals surface area contributed by atoms with E-state index in [-0.39, 0.29) is 11.5 Å². The summed E-state index contributed by atoms with van der Waals surface area (Å²) in [5, 5.41) is 0. The van der Waals surface area contributed by atoms with Gasteiger partial charge >= 0.3 is 5.97 Å². The molecule has 1 unspecified atom stereocenters. The maximum absolute atomic E-state index is 13.9. The highest BCUT2D eigenvalue weighted by Gasteiger charge is 2.25. The minimum Gasteiger partial charge on any atom is -0.487 e. The molecule has 1 aliphatic rings. The lowest BCUT2D eigenvalue weighted by Crippen LogP contribution is -2.29. The third kappa shape index (κ3) is 5.21. The average molecular weight is 420 g/mol. The van der Waals surface area contributed by atoms with E-state index < -0.39 is 28.0 Å². The van der Waals surface area contributed by atoms with Gasteiger partial charge in [-0.15, -0.1) is 0 Å². The molecule has 1 aliphatic heterocycles. The predicted molar refractivity (Wildman–Crippen MR) is 105 cm³/mol. The van der Waals surface area contributed by atoms with Crippen LogP contribution in [0.3, 0.4) is 0 Å². The number of rotatable bonds is 6. The van der Waals surface area contributed by atoms with Crippen LogP contribution in [-0.4, -0.2) is 34.2 Å². The Balaban J connectivity index is 1.74. The average Bonchev–Trinajstić information content (AvgIpc) is 2.70. The molecule has 2 aromatic rings. The van der Waals surface area contributed by atoms with Gasteiger partial charge in [-0.1, -0.05) is 17.7 Å². The second-order valence-corrected chi connectivity index (χ2v) is 8.29. The second-order valence-electron chi connectivity index (χ2n) is 6.67. The smallest absolute Gasteiger partial charge is 0.330 e. The van der Waals surface area contributed by atoms with Gasteiger partial charge in [-0.25, -0.2) is 9.18 Å². The van der Waals surface area contributed by atoms with E-state index in [1.165, 1.54) is 43.5 Å². The van der Waals surface area contributed by atoms with Gasteiger partial charge in [0.05, 0.1) is 12.0 Å². The quantitative estimate of drug-likeness (QED) is 0.405. The first-order chi connectivity index (χ1) is 13.8. The number of carbonyl (C=O) groups excluding carboxylic acids is 1. The molecule has 1 heterocycles. The van der Waals surface area contributed by atoms with E-state index in [1.807, 2.05) is 6.92 Å². The molecule has 0 radical (unpaired) electrons. The molecular weight excluding hydrogens is 399 g/mol. The summed E-state index contributed by atoms with van der Waals surface area (Å²) in [7, 11) is -2.67. The van der Waals surface area contributed by atoms with Crippen LogP contribution in [0.1, 0.15) is 23.1 Å². The summed E-state index contributed by atoms with van der Waals surface area (Å²) < 4.78 is 54.2. The van der Waals surface area contributed by atoms with Crippen LogP contribution in [0.4, 0.5) is 4.39 Å². The summed E-state index contributed by atoms with van der Waals surface area (Å²) in [5.74, 6) is -0.629. The normalized spacial score (nSPS) is 16.3. The zero-order valence-electron chi connectivity index (χ0n) is 16.1. The van der Waals surface area contributed by atoms with Gasteiger partial charge in [0.1, 0.15) is 24.3 Å². The van der Waals surface area contributed by atoms with Gasteiger partial charge in [0.15, 0.2) is 0 Å². The summed E-state index contributed by atoms with van der Waals surface area (Å²) in [6, 6.07) is 8.96. The molecule has 0 saturated heterocycles. The zero-order chi connectivity index (χ0) is 21.0. The van der Waals surface area contributed by atoms with E-state index in [0.29, 0.717) is 29.7 Å². The molecule has 3 rings (SSSR count). The van der Waals surface area contributed by atoms with Gasteiger partial charge in [-0.3, -0.25) is 4.18 Å². The van der Waals surface area contributed by atoms with E-state index in [4.69, 9.17) is 8.92 Å². The fourth-order valence-corrected chi connectivity index (χ4v) is 3.89. The third-order valence-electron chi connectivity index (χ3n) is 4.50. The fraction of sp³-hybridized carbons (Fsp3) is 0.286. The van der Waals surface area contributed by atoms with Crippen LogP contribution in [0.25, 0.3) is 6.08 Å². The zero-order valence-corrected chi connectivity index (χ0v) is 16.9. The van der Waals surface area contributed by atoms with Crippen molar-refractivity contribution in [1.82, 2.24) is 0 Å². The van der Waals surface area contributed by atoms with Gasteiger partial charge in [-0.2, -0.15) is 8.42 Å². The number of hydrogen-bond donors (Lipinski definition) is 0. The van der Waals surface area contributed by atoms with Crippen molar-refractivity contribution in [2.75, 3.05) is 13.7 Å². The number of methoxy groups -OCH3 is 1. The first-order valence-corrected chi connectivity index (χ1v) is 10.4. The Kier molecular flexibility index (Phi) is 6.34. The van der Waals surface area contributed by atoms with Crippen molar-refractivity contribution < 1.29 is 31.3 Å². The Morgan fingerprint density at radius 2 is 2.00 bits per heavy atom. The van der Waals surface area contributed by atoms with Gasteiger partial charge in [0.25, 0.3) is 10.1 Å². The number of carbonyl (C=O) groups is 1. The highest BCUT2D eigenvalue weighted by atomic mass is 32.2. The lowest BCUT2D eigenvalue weighted by molar-refractivity contribution is -0.134. The van der Waals surface area contributed by atoms with E-state index in [1.54, 1.807) is 12.1 Å². The lowest BCUT2D eigenvalue weighted by atomic mass is 9.99. The Morgan fingerprint density at radius 1 is 1.28 bits per heavy atom. The summed E-state index contributed by atoms with van der Waals surface area (Å²) in [5.41, 5.74) is 1.96. The van der Waals surface area contributed by atoms with Crippen LogP contribution in [-0.2, 0) is 30.3 Å². The molecule has 0 amide bonds. The van der Waals surface area contributed by atoms with Gasteiger partial charge in [0.2, 0.25) is 0 Å². The summed E-state index contributed by atoms with van der Waals surface area (Å²) >= 11 is 0. The Labute approximate surface area is 169 Å². The van der Waals surface area contributed by atoms with Crippen LogP contribution >= 0.6 is 0 Å². The number of benzene rings is 2. The van der Waals surface area contributed by atoms with Crippen molar-refractivity contribution in [3.8, 4) is 5.75 Å². The van der Waals surface area contributed by atoms with Crippen LogP contribution in [0.5, 0.6) is 5.75 Å². The summed E-state index contributed by atoms with van der Waals surface area (Å²) in [4.78, 5) is 11.4. The maximum atomic E-state index is 13.9. The van der Waals surface area contributed by atoms with E-state index in [2.05, 4.69) is 4.74 Å². The molecule has 0 saturated carbocycles. The predicted octanol–water partition coefficient (Wildman–Crippen LogP) is 3.42. The van der Waals surface area contributed by atoms with Crippen LogP contribution in [0.15, 0.2) is 47.4 Å². The van der Waals surface area contributed by atoms with Gasteiger partial charge in [-0.05, 0) is 55.7 Å².